The van der Waals surface area contributed by atoms with Crippen LogP contribution in [0, 0.1) is 19.7 Å². The van der Waals surface area contributed by atoms with Crippen LogP contribution in [0.1, 0.15) is 48.5 Å². The second kappa shape index (κ2) is 4.98. The lowest BCUT2D eigenvalue weighted by atomic mass is 9.86. The summed E-state index contributed by atoms with van der Waals surface area (Å²) in [6, 6.07) is 3.38. The Morgan fingerprint density at radius 2 is 1.89 bits per heavy atom. The fraction of sp³-hybridized carbons (Fsp3) is 0.600. The van der Waals surface area contributed by atoms with Crippen LogP contribution in [0.4, 0.5) is 4.39 Å². The average molecular weight is 252 g/mol. The molecule has 2 rings (SSSR count). The molecule has 1 aliphatic rings. The Labute approximate surface area is 108 Å². The fourth-order valence-electron chi connectivity index (χ4n) is 3.10. The number of hydrogen-bond acceptors (Lipinski definition) is 2. The highest BCUT2D eigenvalue weighted by Gasteiger charge is 2.43. The smallest absolute Gasteiger partial charge is 0.129 e. The van der Waals surface area contributed by atoms with Crippen molar-refractivity contribution in [1.82, 2.24) is 0 Å². The van der Waals surface area contributed by atoms with Crippen molar-refractivity contribution in [2.45, 2.75) is 51.2 Å². The van der Waals surface area contributed by atoms with Crippen LogP contribution < -0.4 is 0 Å². The SMILES string of the molecule is COC1(C(O)c2c(C)cc(C)cc2F)CCCC1. The summed E-state index contributed by atoms with van der Waals surface area (Å²) in [5.74, 6) is -0.330. The Hall–Kier alpha value is -0.930. The van der Waals surface area contributed by atoms with Crippen molar-refractivity contribution in [3.05, 3.63) is 34.6 Å². The Balaban J connectivity index is 2.42. The number of ether oxygens (including phenoxy) is 1. The van der Waals surface area contributed by atoms with Crippen LogP contribution in [0.5, 0.6) is 0 Å². The third-order valence-corrected chi connectivity index (χ3v) is 4.11. The molecule has 1 aromatic rings. The van der Waals surface area contributed by atoms with Gasteiger partial charge in [-0.3, -0.25) is 0 Å². The van der Waals surface area contributed by atoms with Crippen molar-refractivity contribution in [3.8, 4) is 0 Å². The second-order valence-corrected chi connectivity index (χ2v) is 5.36. The van der Waals surface area contributed by atoms with Crippen LogP contribution in [0.15, 0.2) is 12.1 Å². The van der Waals surface area contributed by atoms with E-state index in [1.54, 1.807) is 7.11 Å². The van der Waals surface area contributed by atoms with E-state index >= 15 is 0 Å². The zero-order chi connectivity index (χ0) is 13.3. The van der Waals surface area contributed by atoms with E-state index in [1.165, 1.54) is 6.07 Å². The highest BCUT2D eigenvalue weighted by Crippen LogP contribution is 2.43. The Morgan fingerprint density at radius 3 is 2.39 bits per heavy atom. The molecule has 1 saturated carbocycles. The van der Waals surface area contributed by atoms with Crippen molar-refractivity contribution in [1.29, 1.82) is 0 Å². The summed E-state index contributed by atoms with van der Waals surface area (Å²) < 4.78 is 19.6. The molecule has 0 aliphatic heterocycles. The molecule has 1 fully saturated rings. The Kier molecular flexibility index (Phi) is 3.74. The summed E-state index contributed by atoms with van der Waals surface area (Å²) in [4.78, 5) is 0. The summed E-state index contributed by atoms with van der Waals surface area (Å²) in [7, 11) is 1.61. The van der Waals surface area contributed by atoms with E-state index < -0.39 is 11.7 Å². The van der Waals surface area contributed by atoms with Gasteiger partial charge in [0, 0.05) is 12.7 Å². The van der Waals surface area contributed by atoms with Crippen molar-refractivity contribution < 1.29 is 14.2 Å². The molecule has 1 atom stereocenters. The third kappa shape index (κ3) is 2.17. The minimum absolute atomic E-state index is 0.330. The molecule has 0 spiro atoms. The average Bonchev–Trinajstić information content (AvgIpc) is 2.77. The first-order chi connectivity index (χ1) is 8.50. The lowest BCUT2D eigenvalue weighted by molar-refractivity contribution is -0.101. The van der Waals surface area contributed by atoms with Gasteiger partial charge in [-0.05, 0) is 43.9 Å². The normalized spacial score (nSPS) is 20.1. The van der Waals surface area contributed by atoms with E-state index in [2.05, 4.69) is 0 Å². The molecule has 0 amide bonds. The van der Waals surface area contributed by atoms with Crippen LogP contribution in [0.25, 0.3) is 0 Å². The zero-order valence-electron chi connectivity index (χ0n) is 11.3. The zero-order valence-corrected chi connectivity index (χ0v) is 11.3. The van der Waals surface area contributed by atoms with Crippen LogP contribution in [-0.4, -0.2) is 17.8 Å². The van der Waals surface area contributed by atoms with Gasteiger partial charge in [-0.2, -0.15) is 0 Å². The Morgan fingerprint density at radius 1 is 1.28 bits per heavy atom. The van der Waals surface area contributed by atoms with E-state index in [0.29, 0.717) is 5.56 Å². The van der Waals surface area contributed by atoms with Crippen molar-refractivity contribution in [2.24, 2.45) is 0 Å². The van der Waals surface area contributed by atoms with E-state index in [4.69, 9.17) is 4.74 Å². The van der Waals surface area contributed by atoms with Crippen LogP contribution >= 0.6 is 0 Å². The molecule has 0 aromatic heterocycles. The molecule has 0 saturated heterocycles. The molecule has 100 valence electrons. The number of methoxy groups -OCH3 is 1. The number of aliphatic hydroxyl groups is 1. The molecule has 1 aliphatic carbocycles. The quantitative estimate of drug-likeness (QED) is 0.893. The van der Waals surface area contributed by atoms with Crippen molar-refractivity contribution in [2.75, 3.05) is 7.11 Å². The van der Waals surface area contributed by atoms with Crippen molar-refractivity contribution in [3.63, 3.8) is 0 Å². The maximum Gasteiger partial charge on any atom is 0.129 e. The number of aryl methyl sites for hydroxylation is 2. The van der Waals surface area contributed by atoms with Gasteiger partial charge < -0.3 is 9.84 Å². The van der Waals surface area contributed by atoms with E-state index in [9.17, 15) is 9.50 Å². The van der Waals surface area contributed by atoms with Gasteiger partial charge >= 0.3 is 0 Å². The predicted octanol–water partition coefficient (Wildman–Crippen LogP) is 3.44. The number of hydrogen-bond donors (Lipinski definition) is 1. The lowest BCUT2D eigenvalue weighted by Gasteiger charge is -2.34. The molecular weight excluding hydrogens is 231 g/mol. The molecule has 0 heterocycles. The van der Waals surface area contributed by atoms with Crippen LogP contribution in [-0.2, 0) is 4.74 Å². The largest absolute Gasteiger partial charge is 0.385 e. The van der Waals surface area contributed by atoms with Gasteiger partial charge in [0.05, 0.1) is 5.60 Å². The highest BCUT2D eigenvalue weighted by atomic mass is 19.1. The molecule has 0 bridgehead atoms. The van der Waals surface area contributed by atoms with Gasteiger partial charge in [0.25, 0.3) is 0 Å². The minimum Gasteiger partial charge on any atom is -0.385 e. The first-order valence-electron chi connectivity index (χ1n) is 6.50. The highest BCUT2D eigenvalue weighted by molar-refractivity contribution is 5.35. The molecule has 3 heteroatoms. The maximum atomic E-state index is 14.1. The second-order valence-electron chi connectivity index (χ2n) is 5.36. The van der Waals surface area contributed by atoms with Gasteiger partial charge in [-0.1, -0.05) is 18.9 Å². The summed E-state index contributed by atoms with van der Waals surface area (Å²) in [6.45, 7) is 3.70. The van der Waals surface area contributed by atoms with E-state index in [1.807, 2.05) is 19.9 Å². The topological polar surface area (TPSA) is 29.5 Å². The number of aliphatic hydroxyl groups excluding tert-OH is 1. The molecule has 1 unspecified atom stereocenters. The first kappa shape index (κ1) is 13.5. The van der Waals surface area contributed by atoms with Crippen molar-refractivity contribution >= 4 is 0 Å². The molecule has 2 nitrogen and oxygen atoms in total. The summed E-state index contributed by atoms with van der Waals surface area (Å²) >= 11 is 0. The lowest BCUT2D eigenvalue weighted by Crippen LogP contribution is -2.36. The number of benzene rings is 1. The number of halogens is 1. The van der Waals surface area contributed by atoms with Crippen LogP contribution in [0.2, 0.25) is 0 Å². The van der Waals surface area contributed by atoms with Gasteiger partial charge in [0.15, 0.2) is 0 Å². The van der Waals surface area contributed by atoms with Gasteiger partial charge in [0.2, 0.25) is 0 Å². The molecular formula is C15H21FO2. The number of rotatable bonds is 3. The molecule has 1 aromatic carbocycles. The summed E-state index contributed by atoms with van der Waals surface area (Å²) in [6.07, 6.45) is 2.74. The molecule has 18 heavy (non-hydrogen) atoms. The molecule has 0 radical (unpaired) electrons. The van der Waals surface area contributed by atoms with E-state index in [0.717, 1.165) is 36.8 Å². The van der Waals surface area contributed by atoms with E-state index in [-0.39, 0.29) is 5.82 Å². The van der Waals surface area contributed by atoms with Gasteiger partial charge in [-0.15, -0.1) is 0 Å². The third-order valence-electron chi connectivity index (χ3n) is 4.11. The summed E-state index contributed by atoms with van der Waals surface area (Å²) in [5.41, 5.74) is 1.45. The summed E-state index contributed by atoms with van der Waals surface area (Å²) in [5, 5.41) is 10.6. The van der Waals surface area contributed by atoms with Crippen LogP contribution in [0.3, 0.4) is 0 Å². The first-order valence-corrected chi connectivity index (χ1v) is 6.50. The standard InChI is InChI=1S/C15H21FO2/c1-10-8-11(2)13(12(16)9-10)14(17)15(18-3)6-4-5-7-15/h8-9,14,17H,4-7H2,1-3H3. The fourth-order valence-corrected chi connectivity index (χ4v) is 3.10. The minimum atomic E-state index is -0.884. The van der Waals surface area contributed by atoms with Gasteiger partial charge in [-0.25, -0.2) is 4.39 Å². The maximum absolute atomic E-state index is 14.1. The van der Waals surface area contributed by atoms with Gasteiger partial charge in [0.1, 0.15) is 11.9 Å². The monoisotopic (exact) mass is 252 g/mol. The predicted molar refractivity (Wildman–Crippen MR) is 69.0 cm³/mol. The Bertz CT molecular complexity index is 413. The molecule has 1 N–H and O–H groups in total.